The Kier molecular flexibility index (Phi) is 7.31. The van der Waals surface area contributed by atoms with Crippen LogP contribution >= 0.6 is 24.0 Å². The molecule has 2 aromatic rings. The van der Waals surface area contributed by atoms with E-state index in [4.69, 9.17) is 0 Å². The second-order valence-corrected chi connectivity index (χ2v) is 7.66. The molecule has 0 spiro atoms. The molecule has 0 radical (unpaired) electrons. The van der Waals surface area contributed by atoms with E-state index in [1.807, 2.05) is 19.3 Å². The van der Waals surface area contributed by atoms with Crippen LogP contribution in [0.2, 0.25) is 0 Å². The number of hydrogen-bond acceptors (Lipinski definition) is 2. The Hall–Kier alpha value is -1.64. The number of aromatic nitrogens is 2. The molecule has 5 nitrogen and oxygen atoms in total. The van der Waals surface area contributed by atoms with E-state index in [1.165, 1.54) is 37.8 Å². The average Bonchev–Trinajstić information content (AvgIpc) is 3.33. The van der Waals surface area contributed by atoms with Crippen molar-refractivity contribution in [2.24, 2.45) is 16.8 Å². The minimum absolute atomic E-state index is 0. The zero-order valence-electron chi connectivity index (χ0n) is 16.4. The van der Waals surface area contributed by atoms with Crippen molar-refractivity contribution < 1.29 is 4.39 Å². The molecule has 2 atom stereocenters. The largest absolute Gasteiger partial charge is 0.356 e. The molecule has 7 heteroatoms. The maximum atomic E-state index is 13.1. The van der Waals surface area contributed by atoms with Crippen LogP contribution in [0.15, 0.2) is 41.5 Å². The molecule has 0 amide bonds. The Bertz CT molecular complexity index is 774. The summed E-state index contributed by atoms with van der Waals surface area (Å²) in [5, 5.41) is 8.09. The van der Waals surface area contributed by atoms with Gasteiger partial charge in [0, 0.05) is 39.3 Å². The first-order valence-electron chi connectivity index (χ1n) is 9.99. The summed E-state index contributed by atoms with van der Waals surface area (Å²) in [4.78, 5) is 6.92. The molecule has 1 saturated carbocycles. The zero-order chi connectivity index (χ0) is 18.6. The second kappa shape index (κ2) is 9.71. The topological polar surface area (TPSA) is 45.5 Å². The Morgan fingerprint density at radius 3 is 2.46 bits per heavy atom. The second-order valence-electron chi connectivity index (χ2n) is 7.66. The molecule has 2 fully saturated rings. The van der Waals surface area contributed by atoms with Crippen LogP contribution in [0.5, 0.6) is 0 Å². The van der Waals surface area contributed by atoms with Crippen LogP contribution in [0.25, 0.3) is 5.69 Å². The summed E-state index contributed by atoms with van der Waals surface area (Å²) < 4.78 is 14.8. The summed E-state index contributed by atoms with van der Waals surface area (Å²) in [6, 6.07) is 8.39. The van der Waals surface area contributed by atoms with Gasteiger partial charge in [-0.2, -0.15) is 5.10 Å². The lowest BCUT2D eigenvalue weighted by Gasteiger charge is -2.22. The smallest absolute Gasteiger partial charge is 0.193 e. The van der Waals surface area contributed by atoms with Gasteiger partial charge in [-0.25, -0.2) is 9.07 Å². The van der Waals surface area contributed by atoms with Gasteiger partial charge in [-0.05, 0) is 55.0 Å². The summed E-state index contributed by atoms with van der Waals surface area (Å²) in [5.74, 6) is 2.48. The molecule has 2 aliphatic rings. The fourth-order valence-electron chi connectivity index (χ4n) is 4.45. The number of benzene rings is 1. The fourth-order valence-corrected chi connectivity index (χ4v) is 4.45. The van der Waals surface area contributed by atoms with Crippen molar-refractivity contribution in [3.63, 3.8) is 0 Å². The molecule has 1 saturated heterocycles. The first-order chi connectivity index (χ1) is 13.2. The summed E-state index contributed by atoms with van der Waals surface area (Å²) in [7, 11) is 1.87. The van der Waals surface area contributed by atoms with Crippen molar-refractivity contribution >= 4 is 29.9 Å². The minimum Gasteiger partial charge on any atom is -0.356 e. The van der Waals surface area contributed by atoms with E-state index in [1.54, 1.807) is 16.8 Å². The third kappa shape index (κ3) is 4.85. The van der Waals surface area contributed by atoms with Gasteiger partial charge in [0.15, 0.2) is 5.96 Å². The minimum atomic E-state index is -0.233. The molecule has 152 valence electrons. The SMILES string of the molecule is CN=C(NCCc1ccn(-c2ccc(F)cc2)n1)N1CC2CCCCC2C1.I. The Labute approximate surface area is 183 Å². The van der Waals surface area contributed by atoms with Gasteiger partial charge < -0.3 is 10.2 Å². The number of likely N-dealkylation sites (tertiary alicyclic amines) is 1. The van der Waals surface area contributed by atoms with E-state index in [9.17, 15) is 4.39 Å². The maximum absolute atomic E-state index is 13.1. The van der Waals surface area contributed by atoms with Gasteiger partial charge in [0.05, 0.1) is 11.4 Å². The summed E-state index contributed by atoms with van der Waals surface area (Å²) in [6.07, 6.45) is 8.27. The van der Waals surface area contributed by atoms with Gasteiger partial charge in [0.2, 0.25) is 0 Å². The predicted molar refractivity (Wildman–Crippen MR) is 121 cm³/mol. The van der Waals surface area contributed by atoms with Crippen LogP contribution in [0.3, 0.4) is 0 Å². The molecule has 1 N–H and O–H groups in total. The van der Waals surface area contributed by atoms with Crippen molar-refractivity contribution in [1.29, 1.82) is 0 Å². The lowest BCUT2D eigenvalue weighted by atomic mass is 9.82. The van der Waals surface area contributed by atoms with Gasteiger partial charge in [0.1, 0.15) is 5.82 Å². The Morgan fingerprint density at radius 1 is 1.14 bits per heavy atom. The van der Waals surface area contributed by atoms with Crippen LogP contribution in [0, 0.1) is 17.7 Å². The Morgan fingerprint density at radius 2 is 1.82 bits per heavy atom. The predicted octanol–water partition coefficient (Wildman–Crippen LogP) is 3.87. The van der Waals surface area contributed by atoms with Crippen molar-refractivity contribution in [3.8, 4) is 5.69 Å². The molecular formula is C21H29FIN5. The van der Waals surface area contributed by atoms with Crippen molar-refractivity contribution in [2.45, 2.75) is 32.1 Å². The molecule has 1 aromatic carbocycles. The molecule has 28 heavy (non-hydrogen) atoms. The van der Waals surface area contributed by atoms with E-state index >= 15 is 0 Å². The number of hydrogen-bond donors (Lipinski definition) is 1. The molecule has 1 aliphatic carbocycles. The molecule has 2 unspecified atom stereocenters. The number of fused-ring (bicyclic) bond motifs is 1. The first-order valence-corrected chi connectivity index (χ1v) is 9.99. The fraction of sp³-hybridized carbons (Fsp3) is 0.524. The number of nitrogens with zero attached hydrogens (tertiary/aromatic N) is 4. The van der Waals surface area contributed by atoms with Gasteiger partial charge in [-0.15, -0.1) is 24.0 Å². The van der Waals surface area contributed by atoms with Gasteiger partial charge in [-0.3, -0.25) is 4.99 Å². The van der Waals surface area contributed by atoms with Gasteiger partial charge in [0.25, 0.3) is 0 Å². The van der Waals surface area contributed by atoms with Crippen molar-refractivity contribution in [3.05, 3.63) is 48.0 Å². The number of halogens is 2. The number of aliphatic imine (C=N–C) groups is 1. The number of nitrogens with one attached hydrogen (secondary N) is 1. The summed E-state index contributed by atoms with van der Waals surface area (Å²) in [5.41, 5.74) is 1.88. The van der Waals surface area contributed by atoms with Crippen LogP contribution in [0.1, 0.15) is 31.4 Å². The van der Waals surface area contributed by atoms with Crippen molar-refractivity contribution in [2.75, 3.05) is 26.7 Å². The van der Waals surface area contributed by atoms with Crippen LogP contribution < -0.4 is 5.32 Å². The zero-order valence-corrected chi connectivity index (χ0v) is 18.7. The highest BCUT2D eigenvalue weighted by Crippen LogP contribution is 2.35. The number of guanidine groups is 1. The highest BCUT2D eigenvalue weighted by molar-refractivity contribution is 14.0. The van der Waals surface area contributed by atoms with E-state index in [-0.39, 0.29) is 29.8 Å². The summed E-state index contributed by atoms with van der Waals surface area (Å²) in [6.45, 7) is 3.09. The monoisotopic (exact) mass is 497 g/mol. The maximum Gasteiger partial charge on any atom is 0.193 e. The average molecular weight is 497 g/mol. The van der Waals surface area contributed by atoms with E-state index < -0.39 is 0 Å². The molecular weight excluding hydrogens is 468 g/mol. The highest BCUT2D eigenvalue weighted by atomic mass is 127. The van der Waals surface area contributed by atoms with E-state index in [2.05, 4.69) is 20.3 Å². The summed E-state index contributed by atoms with van der Waals surface area (Å²) >= 11 is 0. The van der Waals surface area contributed by atoms with Gasteiger partial charge in [-0.1, -0.05) is 12.8 Å². The molecule has 1 aromatic heterocycles. The van der Waals surface area contributed by atoms with Crippen molar-refractivity contribution in [1.82, 2.24) is 20.0 Å². The van der Waals surface area contributed by atoms with Gasteiger partial charge >= 0.3 is 0 Å². The third-order valence-electron chi connectivity index (χ3n) is 5.89. The third-order valence-corrected chi connectivity index (χ3v) is 5.89. The van der Waals surface area contributed by atoms with E-state index in [0.29, 0.717) is 0 Å². The lowest BCUT2D eigenvalue weighted by Crippen LogP contribution is -2.41. The normalized spacial score (nSPS) is 21.9. The standard InChI is InChI=1S/C21H28FN5.HI/c1-23-21(26-14-16-4-2-3-5-17(16)15-26)24-12-10-19-11-13-27(25-19)20-8-6-18(22)7-9-20;/h6-9,11,13,16-17H,2-5,10,12,14-15H2,1H3,(H,23,24);1H. The first kappa shape index (κ1) is 21.1. The highest BCUT2D eigenvalue weighted by Gasteiger charge is 2.35. The Balaban J connectivity index is 0.00000225. The molecule has 4 rings (SSSR count). The molecule has 0 bridgehead atoms. The van der Waals surface area contributed by atoms with Crippen LogP contribution in [0.4, 0.5) is 4.39 Å². The lowest BCUT2D eigenvalue weighted by molar-refractivity contribution is 0.299. The molecule has 2 heterocycles. The quantitative estimate of drug-likeness (QED) is 0.397. The van der Waals surface area contributed by atoms with Crippen LogP contribution in [-0.2, 0) is 6.42 Å². The van der Waals surface area contributed by atoms with E-state index in [0.717, 1.165) is 55.2 Å². The molecule has 1 aliphatic heterocycles. The number of rotatable bonds is 4. The van der Waals surface area contributed by atoms with Crippen LogP contribution in [-0.4, -0.2) is 47.3 Å².